The third-order valence-electron chi connectivity index (χ3n) is 3.37. The van der Waals surface area contributed by atoms with Crippen LogP contribution in [0.5, 0.6) is 0 Å². The summed E-state index contributed by atoms with van der Waals surface area (Å²) in [6.45, 7) is 5.41. The maximum Gasteiger partial charge on any atom is 0.0640 e. The Morgan fingerprint density at radius 2 is 2.19 bits per heavy atom. The average molecular weight is 239 g/mol. The molecule has 0 amide bonds. The molecular formula is C13H19ClN2. The largest absolute Gasteiger partial charge is 0.380 e. The highest BCUT2D eigenvalue weighted by molar-refractivity contribution is 6.33. The van der Waals surface area contributed by atoms with Gasteiger partial charge < -0.3 is 10.2 Å². The molecule has 1 fully saturated rings. The number of benzene rings is 1. The summed E-state index contributed by atoms with van der Waals surface area (Å²) in [5.74, 6) is 0. The fourth-order valence-corrected chi connectivity index (χ4v) is 2.55. The summed E-state index contributed by atoms with van der Waals surface area (Å²) >= 11 is 6.20. The summed E-state index contributed by atoms with van der Waals surface area (Å²) in [5, 5.41) is 4.35. The lowest BCUT2D eigenvalue weighted by molar-refractivity contribution is 0.330. The molecule has 0 bridgehead atoms. The van der Waals surface area contributed by atoms with Crippen molar-refractivity contribution >= 4 is 17.3 Å². The van der Waals surface area contributed by atoms with Crippen LogP contribution in [0.3, 0.4) is 0 Å². The lowest BCUT2D eigenvalue weighted by Gasteiger charge is -2.15. The van der Waals surface area contributed by atoms with Crippen LogP contribution in [0.25, 0.3) is 0 Å². The minimum atomic E-state index is 0.514. The predicted molar refractivity (Wildman–Crippen MR) is 70.3 cm³/mol. The number of rotatable bonds is 2. The van der Waals surface area contributed by atoms with Gasteiger partial charge in [-0.15, -0.1) is 0 Å². The zero-order chi connectivity index (χ0) is 11.7. The van der Waals surface area contributed by atoms with Crippen LogP contribution in [0, 0.1) is 6.92 Å². The molecule has 1 N–H and O–H groups in total. The molecule has 1 aliphatic heterocycles. The fraction of sp³-hybridized carbons (Fsp3) is 0.538. The Morgan fingerprint density at radius 3 is 2.75 bits per heavy atom. The molecule has 2 atom stereocenters. The maximum absolute atomic E-state index is 6.20. The molecule has 2 nitrogen and oxygen atoms in total. The van der Waals surface area contributed by atoms with E-state index in [-0.39, 0.29) is 0 Å². The normalized spacial score (nSPS) is 26.0. The molecule has 0 aliphatic carbocycles. The van der Waals surface area contributed by atoms with E-state index in [9.17, 15) is 0 Å². The smallest absolute Gasteiger partial charge is 0.0640 e. The number of halogens is 1. The van der Waals surface area contributed by atoms with Crippen LogP contribution in [0.1, 0.15) is 18.9 Å². The Kier molecular flexibility index (Phi) is 3.41. The van der Waals surface area contributed by atoms with Gasteiger partial charge in [0.1, 0.15) is 0 Å². The van der Waals surface area contributed by atoms with Gasteiger partial charge in [0.2, 0.25) is 0 Å². The molecule has 0 aromatic heterocycles. The van der Waals surface area contributed by atoms with E-state index in [1.807, 2.05) is 6.07 Å². The molecule has 1 heterocycles. The molecule has 2 rings (SSSR count). The van der Waals surface area contributed by atoms with E-state index in [2.05, 4.69) is 43.2 Å². The van der Waals surface area contributed by atoms with Crippen LogP contribution in [-0.2, 0) is 0 Å². The van der Waals surface area contributed by atoms with Crippen LogP contribution in [0.15, 0.2) is 18.2 Å². The Bertz CT molecular complexity index is 368. The van der Waals surface area contributed by atoms with Crippen LogP contribution in [0.4, 0.5) is 5.69 Å². The minimum absolute atomic E-state index is 0.514. The highest BCUT2D eigenvalue weighted by Crippen LogP contribution is 2.26. The lowest BCUT2D eigenvalue weighted by atomic mass is 10.1. The molecule has 16 heavy (non-hydrogen) atoms. The number of nitrogens with zero attached hydrogens (tertiary/aromatic N) is 1. The second-order valence-corrected chi connectivity index (χ2v) is 5.26. The third kappa shape index (κ3) is 2.50. The SMILES string of the molecule is Cc1ccc(NC2CC(C)N(C)C2)c(Cl)c1. The van der Waals surface area contributed by atoms with Gasteiger partial charge in [0, 0.05) is 18.6 Å². The second-order valence-electron chi connectivity index (χ2n) is 4.85. The summed E-state index contributed by atoms with van der Waals surface area (Å²) in [5.41, 5.74) is 2.26. The molecule has 3 heteroatoms. The van der Waals surface area contributed by atoms with E-state index in [0.717, 1.165) is 17.3 Å². The molecule has 1 aliphatic rings. The van der Waals surface area contributed by atoms with Crippen molar-refractivity contribution in [3.8, 4) is 0 Å². The summed E-state index contributed by atoms with van der Waals surface area (Å²) in [4.78, 5) is 2.37. The van der Waals surface area contributed by atoms with Gasteiger partial charge in [0.15, 0.2) is 0 Å². The van der Waals surface area contributed by atoms with Crippen LogP contribution in [0.2, 0.25) is 5.02 Å². The van der Waals surface area contributed by atoms with Crippen molar-refractivity contribution < 1.29 is 0 Å². The summed E-state index contributed by atoms with van der Waals surface area (Å²) in [6.07, 6.45) is 1.18. The van der Waals surface area contributed by atoms with Gasteiger partial charge >= 0.3 is 0 Å². The lowest BCUT2D eigenvalue weighted by Crippen LogP contribution is -2.24. The minimum Gasteiger partial charge on any atom is -0.380 e. The van der Waals surface area contributed by atoms with Gasteiger partial charge in [-0.2, -0.15) is 0 Å². The van der Waals surface area contributed by atoms with Gasteiger partial charge in [-0.1, -0.05) is 17.7 Å². The first-order valence-electron chi connectivity index (χ1n) is 5.79. The zero-order valence-electron chi connectivity index (χ0n) is 10.1. The Balaban J connectivity index is 2.05. The monoisotopic (exact) mass is 238 g/mol. The van der Waals surface area contributed by atoms with Crippen molar-refractivity contribution in [3.63, 3.8) is 0 Å². The molecule has 1 aromatic carbocycles. The summed E-state index contributed by atoms with van der Waals surface area (Å²) < 4.78 is 0. The molecule has 0 saturated carbocycles. The number of hydrogen-bond donors (Lipinski definition) is 1. The van der Waals surface area contributed by atoms with Crippen molar-refractivity contribution in [1.82, 2.24) is 4.90 Å². The molecule has 88 valence electrons. The van der Waals surface area contributed by atoms with E-state index in [1.54, 1.807) is 0 Å². The molecule has 0 radical (unpaired) electrons. The first-order chi connectivity index (χ1) is 7.56. The van der Waals surface area contributed by atoms with Gasteiger partial charge in [0.25, 0.3) is 0 Å². The number of likely N-dealkylation sites (N-methyl/N-ethyl adjacent to an activating group) is 1. The van der Waals surface area contributed by atoms with Gasteiger partial charge in [-0.25, -0.2) is 0 Å². The molecular weight excluding hydrogens is 220 g/mol. The average Bonchev–Trinajstić information content (AvgIpc) is 2.51. The van der Waals surface area contributed by atoms with E-state index >= 15 is 0 Å². The van der Waals surface area contributed by atoms with Crippen LogP contribution in [-0.4, -0.2) is 30.6 Å². The van der Waals surface area contributed by atoms with E-state index in [4.69, 9.17) is 11.6 Å². The first-order valence-corrected chi connectivity index (χ1v) is 6.17. The summed E-state index contributed by atoms with van der Waals surface area (Å²) in [6, 6.07) is 7.34. The van der Waals surface area contributed by atoms with Gasteiger partial charge in [0.05, 0.1) is 10.7 Å². The topological polar surface area (TPSA) is 15.3 Å². The van der Waals surface area contributed by atoms with E-state index < -0.39 is 0 Å². The Morgan fingerprint density at radius 1 is 1.44 bits per heavy atom. The Labute approximate surface area is 103 Å². The van der Waals surface area contributed by atoms with Crippen LogP contribution >= 0.6 is 11.6 Å². The number of likely N-dealkylation sites (tertiary alicyclic amines) is 1. The summed E-state index contributed by atoms with van der Waals surface area (Å²) in [7, 11) is 2.17. The number of nitrogens with one attached hydrogen (secondary N) is 1. The third-order valence-corrected chi connectivity index (χ3v) is 3.68. The molecule has 1 aromatic rings. The maximum atomic E-state index is 6.20. The first kappa shape index (κ1) is 11.7. The second kappa shape index (κ2) is 4.64. The highest BCUT2D eigenvalue weighted by Gasteiger charge is 2.26. The van der Waals surface area contributed by atoms with E-state index in [0.29, 0.717) is 12.1 Å². The number of hydrogen-bond acceptors (Lipinski definition) is 2. The highest BCUT2D eigenvalue weighted by atomic mass is 35.5. The zero-order valence-corrected chi connectivity index (χ0v) is 10.9. The molecule has 1 saturated heterocycles. The van der Waals surface area contributed by atoms with Crippen molar-refractivity contribution in [2.24, 2.45) is 0 Å². The van der Waals surface area contributed by atoms with E-state index in [1.165, 1.54) is 12.0 Å². The standard InChI is InChI=1S/C13H19ClN2/c1-9-4-5-13(12(14)6-9)15-11-7-10(2)16(3)8-11/h4-6,10-11,15H,7-8H2,1-3H3. The molecule has 2 unspecified atom stereocenters. The van der Waals surface area contributed by atoms with Crippen LogP contribution < -0.4 is 5.32 Å². The van der Waals surface area contributed by atoms with Crippen molar-refractivity contribution in [2.45, 2.75) is 32.4 Å². The van der Waals surface area contributed by atoms with Gasteiger partial charge in [-0.05, 0) is 45.0 Å². The van der Waals surface area contributed by atoms with Crippen molar-refractivity contribution in [1.29, 1.82) is 0 Å². The van der Waals surface area contributed by atoms with Gasteiger partial charge in [-0.3, -0.25) is 0 Å². The number of aryl methyl sites for hydroxylation is 1. The fourth-order valence-electron chi connectivity index (χ4n) is 2.26. The van der Waals surface area contributed by atoms with Crippen molar-refractivity contribution in [3.05, 3.63) is 28.8 Å². The van der Waals surface area contributed by atoms with Crippen molar-refractivity contribution in [2.75, 3.05) is 18.9 Å². The predicted octanol–water partition coefficient (Wildman–Crippen LogP) is 3.15. The quantitative estimate of drug-likeness (QED) is 0.852. The molecule has 0 spiro atoms. The number of anilines is 1. The Hall–Kier alpha value is -0.730.